The summed E-state index contributed by atoms with van der Waals surface area (Å²) in [7, 11) is 0. The van der Waals surface area contributed by atoms with Gasteiger partial charge in [0.05, 0.1) is 0 Å². The molecule has 3 aliphatic carbocycles. The second kappa shape index (κ2) is 7.81. The monoisotopic (exact) mass is 320 g/mol. The number of ketones is 1. The minimum absolute atomic E-state index is 0.125. The van der Waals surface area contributed by atoms with Crippen LogP contribution in [0.1, 0.15) is 84.0 Å². The fourth-order valence-electron chi connectivity index (χ4n) is 5.43. The number of Topliss-reactive ketones (excluding diaryl/α,β-unsaturated/α-hetero) is 1. The van der Waals surface area contributed by atoms with Crippen LogP contribution in [0.3, 0.4) is 0 Å². The summed E-state index contributed by atoms with van der Waals surface area (Å²) in [6.45, 7) is 1.52. The summed E-state index contributed by atoms with van der Waals surface area (Å²) in [5.41, 5.74) is 0. The highest BCUT2D eigenvalue weighted by Gasteiger charge is 2.34. The van der Waals surface area contributed by atoms with Gasteiger partial charge in [-0.1, -0.05) is 0 Å². The van der Waals surface area contributed by atoms with Crippen LogP contribution in [0.4, 0.5) is 0 Å². The Morgan fingerprint density at radius 2 is 1.13 bits per heavy atom. The number of esters is 1. The van der Waals surface area contributed by atoms with Crippen molar-refractivity contribution in [1.82, 2.24) is 0 Å². The summed E-state index contributed by atoms with van der Waals surface area (Å²) in [4.78, 5) is 22.5. The summed E-state index contributed by atoms with van der Waals surface area (Å²) in [6, 6.07) is 0. The molecular weight excluding hydrogens is 288 g/mol. The van der Waals surface area contributed by atoms with E-state index >= 15 is 0 Å². The van der Waals surface area contributed by atoms with Gasteiger partial charge in [-0.05, 0) is 87.9 Å². The first-order valence-electron chi connectivity index (χ1n) is 9.80. The molecule has 3 rings (SSSR count). The highest BCUT2D eigenvalue weighted by atomic mass is 16.5. The Bertz CT molecular complexity index is 405. The van der Waals surface area contributed by atoms with Crippen LogP contribution in [0.5, 0.6) is 0 Å². The van der Waals surface area contributed by atoms with Crippen LogP contribution in [0.15, 0.2) is 0 Å². The maximum absolute atomic E-state index is 11.4. The topological polar surface area (TPSA) is 43.4 Å². The number of carbonyl (C=O) groups excluding carboxylic acids is 2. The molecule has 3 heteroatoms. The predicted molar refractivity (Wildman–Crippen MR) is 89.9 cm³/mol. The largest absolute Gasteiger partial charge is 0.463 e. The van der Waals surface area contributed by atoms with Gasteiger partial charge in [0.25, 0.3) is 0 Å². The van der Waals surface area contributed by atoms with E-state index in [1.54, 1.807) is 0 Å². The molecule has 0 spiro atoms. The molecule has 0 radical (unpaired) electrons. The lowest BCUT2D eigenvalue weighted by Crippen LogP contribution is -2.31. The average Bonchev–Trinajstić information content (AvgIpc) is 2.56. The molecule has 3 fully saturated rings. The molecule has 0 aliphatic heterocycles. The van der Waals surface area contributed by atoms with Crippen molar-refractivity contribution in [1.29, 1.82) is 0 Å². The third-order valence-electron chi connectivity index (χ3n) is 6.79. The summed E-state index contributed by atoms with van der Waals surface area (Å²) in [5.74, 6) is 3.83. The molecular formula is C20H32O3. The van der Waals surface area contributed by atoms with Gasteiger partial charge < -0.3 is 4.74 Å². The van der Waals surface area contributed by atoms with Gasteiger partial charge in [-0.2, -0.15) is 0 Å². The van der Waals surface area contributed by atoms with E-state index in [-0.39, 0.29) is 12.1 Å². The zero-order valence-corrected chi connectivity index (χ0v) is 14.6. The zero-order valence-electron chi connectivity index (χ0n) is 14.6. The van der Waals surface area contributed by atoms with E-state index in [4.69, 9.17) is 4.74 Å². The highest BCUT2D eigenvalue weighted by molar-refractivity contribution is 5.79. The first-order valence-corrected chi connectivity index (χ1v) is 9.80. The lowest BCUT2D eigenvalue weighted by atomic mass is 9.66. The molecule has 0 bridgehead atoms. The van der Waals surface area contributed by atoms with Gasteiger partial charge in [-0.3, -0.25) is 9.59 Å². The van der Waals surface area contributed by atoms with Crippen LogP contribution in [0.2, 0.25) is 0 Å². The van der Waals surface area contributed by atoms with Crippen molar-refractivity contribution in [3.63, 3.8) is 0 Å². The number of ether oxygens (including phenoxy) is 1. The molecule has 0 atom stereocenters. The van der Waals surface area contributed by atoms with Crippen molar-refractivity contribution >= 4 is 11.8 Å². The lowest BCUT2D eigenvalue weighted by Gasteiger charge is -2.40. The molecule has 3 nitrogen and oxygen atoms in total. The molecule has 3 saturated carbocycles. The second-order valence-corrected chi connectivity index (χ2v) is 8.20. The van der Waals surface area contributed by atoms with Gasteiger partial charge in [0.1, 0.15) is 11.9 Å². The van der Waals surface area contributed by atoms with E-state index in [0.29, 0.717) is 5.78 Å². The third kappa shape index (κ3) is 4.58. The zero-order chi connectivity index (χ0) is 16.2. The van der Waals surface area contributed by atoms with Crippen LogP contribution >= 0.6 is 0 Å². The molecule has 0 amide bonds. The SMILES string of the molecule is CC(=O)OC1CCC(C2CCC(C3CCC(=O)CC3)CC2)CC1. The summed E-state index contributed by atoms with van der Waals surface area (Å²) in [5, 5.41) is 0. The highest BCUT2D eigenvalue weighted by Crippen LogP contribution is 2.44. The second-order valence-electron chi connectivity index (χ2n) is 8.20. The van der Waals surface area contributed by atoms with Gasteiger partial charge in [0.15, 0.2) is 0 Å². The standard InChI is InChI=1S/C20H32O3/c1-14(21)23-20-12-8-18(9-13-20)16-4-2-15(3-5-16)17-6-10-19(22)11-7-17/h15-18,20H,2-13H2,1H3. The Morgan fingerprint density at radius 3 is 1.57 bits per heavy atom. The maximum Gasteiger partial charge on any atom is 0.302 e. The number of hydrogen-bond acceptors (Lipinski definition) is 3. The fourth-order valence-corrected chi connectivity index (χ4v) is 5.43. The van der Waals surface area contributed by atoms with Crippen LogP contribution in [0.25, 0.3) is 0 Å². The van der Waals surface area contributed by atoms with Crippen LogP contribution in [-0.4, -0.2) is 17.9 Å². The van der Waals surface area contributed by atoms with Crippen molar-refractivity contribution in [3.8, 4) is 0 Å². The van der Waals surface area contributed by atoms with Gasteiger partial charge in [-0.15, -0.1) is 0 Å². The first kappa shape index (κ1) is 17.0. The molecule has 0 unspecified atom stereocenters. The summed E-state index contributed by atoms with van der Waals surface area (Å²) in [6.07, 6.45) is 14.3. The number of hydrogen-bond donors (Lipinski definition) is 0. The quantitative estimate of drug-likeness (QED) is 0.709. The van der Waals surface area contributed by atoms with Crippen molar-refractivity contribution in [2.75, 3.05) is 0 Å². The lowest BCUT2D eigenvalue weighted by molar-refractivity contribution is -0.148. The van der Waals surface area contributed by atoms with Crippen molar-refractivity contribution in [2.45, 2.75) is 90.1 Å². The molecule has 0 aromatic heterocycles. The average molecular weight is 320 g/mol. The van der Waals surface area contributed by atoms with E-state index < -0.39 is 0 Å². The summed E-state index contributed by atoms with van der Waals surface area (Å²) < 4.78 is 5.37. The van der Waals surface area contributed by atoms with Gasteiger partial charge in [-0.25, -0.2) is 0 Å². The minimum atomic E-state index is -0.125. The molecule has 0 aromatic rings. The Labute approximate surface area is 140 Å². The normalized spacial score (nSPS) is 36.7. The van der Waals surface area contributed by atoms with E-state index in [0.717, 1.165) is 62.2 Å². The van der Waals surface area contributed by atoms with E-state index in [1.165, 1.54) is 45.4 Å². The van der Waals surface area contributed by atoms with Crippen LogP contribution in [0, 0.1) is 23.7 Å². The number of carbonyl (C=O) groups is 2. The van der Waals surface area contributed by atoms with Crippen molar-refractivity contribution in [2.24, 2.45) is 23.7 Å². The molecule has 3 aliphatic rings. The van der Waals surface area contributed by atoms with Gasteiger partial charge in [0.2, 0.25) is 0 Å². The first-order chi connectivity index (χ1) is 11.1. The van der Waals surface area contributed by atoms with E-state index in [9.17, 15) is 9.59 Å². The van der Waals surface area contributed by atoms with Crippen molar-refractivity contribution in [3.05, 3.63) is 0 Å². The molecule has 23 heavy (non-hydrogen) atoms. The fraction of sp³-hybridized carbons (Fsp3) is 0.900. The third-order valence-corrected chi connectivity index (χ3v) is 6.79. The Hall–Kier alpha value is -0.860. The van der Waals surface area contributed by atoms with E-state index in [2.05, 4.69) is 0 Å². The van der Waals surface area contributed by atoms with E-state index in [1.807, 2.05) is 0 Å². The molecule has 0 heterocycles. The Morgan fingerprint density at radius 1 is 0.739 bits per heavy atom. The smallest absolute Gasteiger partial charge is 0.302 e. The molecule has 0 aromatic carbocycles. The number of rotatable bonds is 3. The predicted octanol–water partition coefficient (Wildman–Crippen LogP) is 4.67. The minimum Gasteiger partial charge on any atom is -0.463 e. The van der Waals surface area contributed by atoms with Crippen molar-refractivity contribution < 1.29 is 14.3 Å². The Balaban J connectivity index is 1.39. The summed E-state index contributed by atoms with van der Waals surface area (Å²) >= 11 is 0. The maximum atomic E-state index is 11.4. The molecule has 0 saturated heterocycles. The Kier molecular flexibility index (Phi) is 5.76. The van der Waals surface area contributed by atoms with Crippen LogP contribution in [-0.2, 0) is 14.3 Å². The van der Waals surface area contributed by atoms with Gasteiger partial charge in [0, 0.05) is 19.8 Å². The van der Waals surface area contributed by atoms with Crippen LogP contribution < -0.4 is 0 Å². The van der Waals surface area contributed by atoms with Gasteiger partial charge >= 0.3 is 5.97 Å². The molecule has 0 N–H and O–H groups in total. The molecule has 130 valence electrons.